The quantitative estimate of drug-likeness (QED) is 0.811. The van der Waals surface area contributed by atoms with E-state index in [9.17, 15) is 4.39 Å². The van der Waals surface area contributed by atoms with E-state index < -0.39 is 5.54 Å². The van der Waals surface area contributed by atoms with Gasteiger partial charge in [-0.15, -0.1) is 0 Å². The number of benzene rings is 1. The van der Waals surface area contributed by atoms with Gasteiger partial charge < -0.3 is 5.73 Å². The first-order valence-electron chi connectivity index (χ1n) is 6.22. The van der Waals surface area contributed by atoms with Crippen molar-refractivity contribution in [2.75, 3.05) is 0 Å². The van der Waals surface area contributed by atoms with E-state index in [1.54, 1.807) is 6.07 Å². The molecule has 0 heterocycles. The van der Waals surface area contributed by atoms with Gasteiger partial charge in [-0.2, -0.15) is 0 Å². The molecule has 2 heteroatoms. The predicted octanol–water partition coefficient (Wildman–Crippen LogP) is 3.58. The third-order valence-corrected chi connectivity index (χ3v) is 3.99. The SMILES string of the molecule is CCC1CCCCC1(N)c1ccccc1F. The van der Waals surface area contributed by atoms with Gasteiger partial charge in [0.1, 0.15) is 5.82 Å². The first-order valence-corrected chi connectivity index (χ1v) is 6.22. The van der Waals surface area contributed by atoms with Gasteiger partial charge in [0.2, 0.25) is 0 Å². The van der Waals surface area contributed by atoms with E-state index in [0.29, 0.717) is 11.5 Å². The van der Waals surface area contributed by atoms with Crippen LogP contribution in [0.5, 0.6) is 0 Å². The molecule has 0 aromatic heterocycles. The minimum Gasteiger partial charge on any atom is -0.321 e. The van der Waals surface area contributed by atoms with Crippen molar-refractivity contribution in [1.82, 2.24) is 0 Å². The maximum Gasteiger partial charge on any atom is 0.128 e. The first kappa shape index (κ1) is 11.6. The van der Waals surface area contributed by atoms with Crippen molar-refractivity contribution < 1.29 is 4.39 Å². The molecule has 2 rings (SSSR count). The third-order valence-electron chi connectivity index (χ3n) is 3.99. The molecule has 0 spiro atoms. The highest BCUT2D eigenvalue weighted by Gasteiger charge is 2.39. The van der Waals surface area contributed by atoms with Crippen molar-refractivity contribution in [2.45, 2.75) is 44.6 Å². The van der Waals surface area contributed by atoms with Gasteiger partial charge >= 0.3 is 0 Å². The van der Waals surface area contributed by atoms with Crippen molar-refractivity contribution in [3.05, 3.63) is 35.6 Å². The van der Waals surface area contributed by atoms with E-state index in [1.165, 1.54) is 12.5 Å². The van der Waals surface area contributed by atoms with Crippen LogP contribution in [-0.2, 0) is 5.54 Å². The van der Waals surface area contributed by atoms with Gasteiger partial charge in [0.05, 0.1) is 0 Å². The molecule has 88 valence electrons. The summed E-state index contributed by atoms with van der Waals surface area (Å²) in [6.07, 6.45) is 5.41. The summed E-state index contributed by atoms with van der Waals surface area (Å²) in [6.45, 7) is 2.15. The molecule has 0 amide bonds. The molecule has 0 aliphatic heterocycles. The van der Waals surface area contributed by atoms with Crippen LogP contribution in [0.2, 0.25) is 0 Å². The average molecular weight is 221 g/mol. The molecule has 1 saturated carbocycles. The second-order valence-electron chi connectivity index (χ2n) is 4.87. The Morgan fingerprint density at radius 2 is 2.12 bits per heavy atom. The number of halogens is 1. The second-order valence-corrected chi connectivity index (χ2v) is 4.87. The monoisotopic (exact) mass is 221 g/mol. The lowest BCUT2D eigenvalue weighted by atomic mass is 9.68. The Hall–Kier alpha value is -0.890. The highest BCUT2D eigenvalue weighted by Crippen LogP contribution is 2.41. The van der Waals surface area contributed by atoms with Crippen molar-refractivity contribution >= 4 is 0 Å². The van der Waals surface area contributed by atoms with E-state index in [-0.39, 0.29) is 5.82 Å². The minimum atomic E-state index is -0.446. The van der Waals surface area contributed by atoms with Crippen LogP contribution in [-0.4, -0.2) is 0 Å². The van der Waals surface area contributed by atoms with Crippen molar-refractivity contribution in [3.8, 4) is 0 Å². The fourth-order valence-corrected chi connectivity index (χ4v) is 3.03. The van der Waals surface area contributed by atoms with Gasteiger partial charge in [-0.1, -0.05) is 44.4 Å². The normalized spacial score (nSPS) is 30.3. The van der Waals surface area contributed by atoms with Gasteiger partial charge in [-0.3, -0.25) is 0 Å². The van der Waals surface area contributed by atoms with Crippen LogP contribution in [0.25, 0.3) is 0 Å². The molecule has 1 aliphatic rings. The molecule has 0 radical (unpaired) electrons. The fraction of sp³-hybridized carbons (Fsp3) is 0.571. The lowest BCUT2D eigenvalue weighted by Crippen LogP contribution is -2.46. The molecule has 0 saturated heterocycles. The van der Waals surface area contributed by atoms with Crippen molar-refractivity contribution in [2.24, 2.45) is 11.7 Å². The Balaban J connectivity index is 2.39. The molecule has 1 aromatic rings. The van der Waals surface area contributed by atoms with E-state index in [2.05, 4.69) is 6.92 Å². The Morgan fingerprint density at radius 3 is 2.81 bits per heavy atom. The maximum absolute atomic E-state index is 13.8. The van der Waals surface area contributed by atoms with E-state index in [0.717, 1.165) is 25.7 Å². The third kappa shape index (κ3) is 1.86. The standard InChI is InChI=1S/C14H20FN/c1-2-11-7-5-6-10-14(11,16)12-8-3-4-9-13(12)15/h3-4,8-9,11H,2,5-7,10,16H2,1H3. The zero-order chi connectivity index (χ0) is 11.6. The lowest BCUT2D eigenvalue weighted by Gasteiger charge is -2.41. The molecule has 2 N–H and O–H groups in total. The molecule has 1 aromatic carbocycles. The molecular weight excluding hydrogens is 201 g/mol. The van der Waals surface area contributed by atoms with E-state index in [4.69, 9.17) is 5.73 Å². The van der Waals surface area contributed by atoms with Crippen molar-refractivity contribution in [1.29, 1.82) is 0 Å². The van der Waals surface area contributed by atoms with Gasteiger partial charge in [0, 0.05) is 11.1 Å². The molecule has 2 atom stereocenters. The first-order chi connectivity index (χ1) is 7.68. The summed E-state index contributed by atoms with van der Waals surface area (Å²) < 4.78 is 13.8. The molecule has 1 aliphatic carbocycles. The van der Waals surface area contributed by atoms with Gasteiger partial charge in [0.15, 0.2) is 0 Å². The summed E-state index contributed by atoms with van der Waals surface area (Å²) in [5, 5.41) is 0. The van der Waals surface area contributed by atoms with Crippen LogP contribution in [0.3, 0.4) is 0 Å². The fourth-order valence-electron chi connectivity index (χ4n) is 3.03. The van der Waals surface area contributed by atoms with Crippen LogP contribution in [0.4, 0.5) is 4.39 Å². The highest BCUT2D eigenvalue weighted by molar-refractivity contribution is 5.27. The number of nitrogens with two attached hydrogens (primary N) is 1. The van der Waals surface area contributed by atoms with Crippen LogP contribution in [0.1, 0.15) is 44.6 Å². The summed E-state index contributed by atoms with van der Waals surface area (Å²) in [5.74, 6) is 0.267. The van der Waals surface area contributed by atoms with Crippen LogP contribution >= 0.6 is 0 Å². The smallest absolute Gasteiger partial charge is 0.128 e. The predicted molar refractivity (Wildman–Crippen MR) is 64.5 cm³/mol. The summed E-state index contributed by atoms with van der Waals surface area (Å²) >= 11 is 0. The van der Waals surface area contributed by atoms with Crippen LogP contribution in [0.15, 0.2) is 24.3 Å². The number of hydrogen-bond acceptors (Lipinski definition) is 1. The zero-order valence-electron chi connectivity index (χ0n) is 9.88. The Labute approximate surface area is 96.9 Å². The van der Waals surface area contributed by atoms with Gasteiger partial charge in [0.25, 0.3) is 0 Å². The average Bonchev–Trinajstić information content (AvgIpc) is 2.30. The Bertz CT molecular complexity index is 364. The van der Waals surface area contributed by atoms with Crippen LogP contribution in [0, 0.1) is 11.7 Å². The van der Waals surface area contributed by atoms with Gasteiger partial charge in [-0.25, -0.2) is 4.39 Å². The summed E-state index contributed by atoms with van der Waals surface area (Å²) in [4.78, 5) is 0. The lowest BCUT2D eigenvalue weighted by molar-refractivity contribution is 0.179. The summed E-state index contributed by atoms with van der Waals surface area (Å²) in [7, 11) is 0. The van der Waals surface area contributed by atoms with Gasteiger partial charge in [-0.05, 0) is 24.8 Å². The number of hydrogen-bond donors (Lipinski definition) is 1. The minimum absolute atomic E-state index is 0.148. The topological polar surface area (TPSA) is 26.0 Å². The molecule has 16 heavy (non-hydrogen) atoms. The van der Waals surface area contributed by atoms with E-state index >= 15 is 0 Å². The second kappa shape index (κ2) is 4.54. The molecule has 2 unspecified atom stereocenters. The zero-order valence-corrected chi connectivity index (χ0v) is 9.88. The van der Waals surface area contributed by atoms with E-state index in [1.807, 2.05) is 12.1 Å². The Morgan fingerprint density at radius 1 is 1.38 bits per heavy atom. The largest absolute Gasteiger partial charge is 0.321 e. The molecule has 1 fully saturated rings. The summed E-state index contributed by atoms with van der Waals surface area (Å²) in [5.41, 5.74) is 6.76. The molecule has 1 nitrogen and oxygen atoms in total. The Kier molecular flexibility index (Phi) is 3.29. The summed E-state index contributed by atoms with van der Waals surface area (Å²) in [6, 6.07) is 6.98. The molecule has 0 bridgehead atoms. The molecular formula is C14H20FN. The highest BCUT2D eigenvalue weighted by atomic mass is 19.1. The van der Waals surface area contributed by atoms with Crippen LogP contribution < -0.4 is 5.73 Å². The number of rotatable bonds is 2. The van der Waals surface area contributed by atoms with Crippen molar-refractivity contribution in [3.63, 3.8) is 0 Å². The maximum atomic E-state index is 13.8.